The molecule has 41 heavy (non-hydrogen) atoms. The van der Waals surface area contributed by atoms with Crippen molar-refractivity contribution in [1.29, 1.82) is 5.26 Å². The third-order valence-electron chi connectivity index (χ3n) is 7.89. The first-order chi connectivity index (χ1) is 19.9. The van der Waals surface area contributed by atoms with Crippen molar-refractivity contribution in [1.82, 2.24) is 4.90 Å². The van der Waals surface area contributed by atoms with Gasteiger partial charge in [-0.15, -0.1) is 0 Å². The molecule has 0 saturated heterocycles. The summed E-state index contributed by atoms with van der Waals surface area (Å²) in [5.41, 5.74) is 4.84. The Bertz CT molecular complexity index is 1340. The molecule has 7 heteroatoms. The third kappa shape index (κ3) is 7.49. The second-order valence-electron chi connectivity index (χ2n) is 10.6. The van der Waals surface area contributed by atoms with Crippen molar-refractivity contribution < 1.29 is 18.9 Å². The summed E-state index contributed by atoms with van der Waals surface area (Å²) in [5.74, 6) is 2.92. The van der Waals surface area contributed by atoms with Gasteiger partial charge < -0.3 is 18.9 Å². The van der Waals surface area contributed by atoms with E-state index in [1.165, 1.54) is 16.7 Å². The van der Waals surface area contributed by atoms with Crippen LogP contribution < -0.4 is 18.9 Å². The van der Waals surface area contributed by atoms with Gasteiger partial charge in [-0.25, -0.2) is 0 Å². The molecule has 3 aromatic carbocycles. The third-order valence-corrected chi connectivity index (χ3v) is 9.28. The van der Waals surface area contributed by atoms with E-state index in [2.05, 4.69) is 54.3 Å². The Morgan fingerprint density at radius 2 is 1.41 bits per heavy atom. The van der Waals surface area contributed by atoms with Crippen LogP contribution in [0.3, 0.4) is 0 Å². The minimum atomic E-state index is -0.717. The van der Waals surface area contributed by atoms with Crippen LogP contribution in [0.4, 0.5) is 0 Å². The lowest BCUT2D eigenvalue weighted by Crippen LogP contribution is -2.31. The molecular weight excluding hydrogens is 532 g/mol. The molecule has 0 fully saturated rings. The van der Waals surface area contributed by atoms with Crippen LogP contribution in [0, 0.1) is 18.3 Å². The van der Waals surface area contributed by atoms with Crippen LogP contribution in [-0.2, 0) is 17.7 Å². The molecule has 0 bridgehead atoms. The maximum atomic E-state index is 10.6. The average molecular weight is 575 g/mol. The van der Waals surface area contributed by atoms with Crippen LogP contribution in [0.25, 0.3) is 0 Å². The molecule has 0 radical (unpaired) electrons. The molecular formula is C34H42N2O4S. The Morgan fingerprint density at radius 1 is 0.780 bits per heavy atom. The second kappa shape index (κ2) is 14.5. The number of nitrogens with zero attached hydrogens (tertiary/aromatic N) is 2. The van der Waals surface area contributed by atoms with Crippen molar-refractivity contribution in [2.75, 3.05) is 41.5 Å². The van der Waals surface area contributed by atoms with E-state index < -0.39 is 4.75 Å². The second-order valence-corrected chi connectivity index (χ2v) is 12.0. The lowest BCUT2D eigenvalue weighted by Gasteiger charge is -2.29. The van der Waals surface area contributed by atoms with Crippen LogP contribution in [-0.4, -0.2) is 46.4 Å². The number of aryl methyl sites for hydroxylation is 1. The van der Waals surface area contributed by atoms with Crippen LogP contribution in [0.15, 0.2) is 59.5 Å². The molecule has 1 unspecified atom stereocenters. The van der Waals surface area contributed by atoms with Gasteiger partial charge in [0.25, 0.3) is 0 Å². The summed E-state index contributed by atoms with van der Waals surface area (Å²) >= 11 is 1.63. The van der Waals surface area contributed by atoms with E-state index in [-0.39, 0.29) is 0 Å². The van der Waals surface area contributed by atoms with E-state index in [9.17, 15) is 5.26 Å². The smallest absolute Gasteiger partial charge is 0.161 e. The highest BCUT2D eigenvalue weighted by Gasteiger charge is 2.34. The summed E-state index contributed by atoms with van der Waals surface area (Å²) in [4.78, 5) is 3.62. The monoisotopic (exact) mass is 574 g/mol. The maximum absolute atomic E-state index is 10.6. The van der Waals surface area contributed by atoms with E-state index in [0.717, 1.165) is 80.1 Å². The van der Waals surface area contributed by atoms with Gasteiger partial charge in [0, 0.05) is 18.0 Å². The Kier molecular flexibility index (Phi) is 10.8. The fraction of sp³-hybridized carbons (Fsp3) is 0.441. The van der Waals surface area contributed by atoms with Crippen molar-refractivity contribution in [3.8, 4) is 29.1 Å². The van der Waals surface area contributed by atoms with Gasteiger partial charge >= 0.3 is 0 Å². The molecule has 0 amide bonds. The van der Waals surface area contributed by atoms with Gasteiger partial charge in [-0.1, -0.05) is 54.8 Å². The molecule has 218 valence electrons. The number of fused-ring (bicyclic) bond motifs is 1. The van der Waals surface area contributed by atoms with Crippen LogP contribution in [0.2, 0.25) is 0 Å². The molecule has 1 aliphatic rings. The average Bonchev–Trinajstić information content (AvgIpc) is 3.01. The highest BCUT2D eigenvalue weighted by atomic mass is 32.2. The molecule has 3 aromatic rings. The molecule has 0 saturated carbocycles. The van der Waals surface area contributed by atoms with Gasteiger partial charge in [0.2, 0.25) is 0 Å². The predicted octanol–water partition coefficient (Wildman–Crippen LogP) is 7.55. The number of methoxy groups -OCH3 is 4. The minimum absolute atomic E-state index is 0.647. The summed E-state index contributed by atoms with van der Waals surface area (Å²) in [5, 5.41) is 10.6. The summed E-state index contributed by atoms with van der Waals surface area (Å²) in [6.45, 7) is 5.16. The Morgan fingerprint density at radius 3 is 2.07 bits per heavy atom. The molecule has 0 aromatic heterocycles. The fourth-order valence-corrected chi connectivity index (χ4v) is 6.70. The van der Waals surface area contributed by atoms with Crippen LogP contribution in [0.5, 0.6) is 23.0 Å². The molecule has 0 N–H and O–H groups in total. The number of nitriles is 1. The highest BCUT2D eigenvalue weighted by molar-refractivity contribution is 8.00. The maximum Gasteiger partial charge on any atom is 0.161 e. The fourth-order valence-electron chi connectivity index (χ4n) is 5.49. The molecule has 1 heterocycles. The van der Waals surface area contributed by atoms with Gasteiger partial charge in [0.15, 0.2) is 23.0 Å². The molecule has 0 aliphatic carbocycles. The van der Waals surface area contributed by atoms with Crippen molar-refractivity contribution in [3.05, 3.63) is 76.9 Å². The number of hydrogen-bond acceptors (Lipinski definition) is 7. The number of rotatable bonds is 14. The van der Waals surface area contributed by atoms with E-state index in [4.69, 9.17) is 18.9 Å². The summed E-state index contributed by atoms with van der Waals surface area (Å²) in [7, 11) is 6.65. The topological polar surface area (TPSA) is 64.0 Å². The largest absolute Gasteiger partial charge is 0.493 e. The highest BCUT2D eigenvalue weighted by Crippen LogP contribution is 2.47. The summed E-state index contributed by atoms with van der Waals surface area (Å²) in [6.07, 6.45) is 6.13. The number of hydrogen-bond donors (Lipinski definition) is 0. The number of ether oxygens (including phenoxy) is 4. The van der Waals surface area contributed by atoms with Gasteiger partial charge in [0.05, 0.1) is 34.5 Å². The lowest BCUT2D eigenvalue weighted by molar-refractivity contribution is 0.246. The standard InChI is InChI=1S/C34H42N2O4S/c1-25-10-13-29(14-11-25)41-34(24-35,28-12-15-30(37-2)33(22-28)40-5)17-8-6-7-9-18-36-19-16-26-20-31(38-3)32(39-4)21-27(26)23-36/h10-15,20-22H,6-9,16-19,23H2,1-5H3. The Labute approximate surface area is 249 Å². The van der Waals surface area contributed by atoms with Crippen molar-refractivity contribution >= 4 is 11.8 Å². The van der Waals surface area contributed by atoms with Gasteiger partial charge in [0.1, 0.15) is 4.75 Å². The van der Waals surface area contributed by atoms with Crippen molar-refractivity contribution in [3.63, 3.8) is 0 Å². The zero-order valence-electron chi connectivity index (χ0n) is 25.0. The van der Waals surface area contributed by atoms with E-state index in [1.54, 1.807) is 40.2 Å². The predicted molar refractivity (Wildman–Crippen MR) is 165 cm³/mol. The van der Waals surface area contributed by atoms with Crippen molar-refractivity contribution in [2.45, 2.75) is 61.6 Å². The first-order valence-electron chi connectivity index (χ1n) is 14.3. The number of unbranched alkanes of at least 4 members (excludes halogenated alkanes) is 3. The molecule has 4 rings (SSSR count). The lowest BCUT2D eigenvalue weighted by atomic mass is 9.92. The van der Waals surface area contributed by atoms with E-state index in [0.29, 0.717) is 11.5 Å². The Hall–Kier alpha value is -3.34. The molecule has 6 nitrogen and oxygen atoms in total. The zero-order valence-corrected chi connectivity index (χ0v) is 25.8. The van der Waals surface area contributed by atoms with E-state index >= 15 is 0 Å². The first-order valence-corrected chi connectivity index (χ1v) is 15.1. The normalized spacial score (nSPS) is 14.4. The number of benzene rings is 3. The Balaban J connectivity index is 1.36. The zero-order chi connectivity index (χ0) is 29.2. The van der Waals surface area contributed by atoms with Crippen LogP contribution in [0.1, 0.15) is 54.4 Å². The van der Waals surface area contributed by atoms with Crippen molar-refractivity contribution in [2.24, 2.45) is 0 Å². The minimum Gasteiger partial charge on any atom is -0.493 e. The van der Waals surface area contributed by atoms with Gasteiger partial charge in [-0.3, -0.25) is 4.90 Å². The first kappa shape index (κ1) is 30.6. The summed E-state index contributed by atoms with van der Waals surface area (Å²) < 4.78 is 21.3. The van der Waals surface area contributed by atoms with Gasteiger partial charge in [-0.2, -0.15) is 5.26 Å². The SMILES string of the molecule is COc1ccc(C(C#N)(CCCCCCN2CCc3cc(OC)c(OC)cc3C2)Sc2ccc(C)cc2)cc1OC. The van der Waals surface area contributed by atoms with Gasteiger partial charge in [-0.05, 0) is 85.8 Å². The van der Waals surface area contributed by atoms with Crippen LogP contribution >= 0.6 is 11.8 Å². The summed E-state index contributed by atoms with van der Waals surface area (Å²) in [6, 6.07) is 21.2. The quantitative estimate of drug-likeness (QED) is 0.145. The number of thioether (sulfide) groups is 1. The molecule has 0 spiro atoms. The molecule has 1 aliphatic heterocycles. The van der Waals surface area contributed by atoms with E-state index in [1.807, 2.05) is 18.2 Å². The molecule has 1 atom stereocenters.